The van der Waals surface area contributed by atoms with Gasteiger partial charge in [-0.15, -0.1) is 0 Å². The molecule has 5 nitrogen and oxygen atoms in total. The van der Waals surface area contributed by atoms with E-state index in [1.807, 2.05) is 0 Å². The van der Waals surface area contributed by atoms with Crippen LogP contribution in [0.5, 0.6) is 0 Å². The summed E-state index contributed by atoms with van der Waals surface area (Å²) < 4.78 is 0. The molecule has 0 spiro atoms. The van der Waals surface area contributed by atoms with E-state index in [1.165, 1.54) is 6.07 Å². The van der Waals surface area contributed by atoms with Crippen LogP contribution in [0.2, 0.25) is 0 Å². The second-order valence-electron chi connectivity index (χ2n) is 2.38. The van der Waals surface area contributed by atoms with Gasteiger partial charge in [-0.05, 0) is 12.1 Å². The normalized spacial score (nSPS) is 9.69. The Bertz CT molecular complexity index is 330. The highest BCUT2D eigenvalue weighted by Gasteiger charge is 2.12. The first-order valence-electron chi connectivity index (χ1n) is 3.49. The minimum absolute atomic E-state index is 0.0623. The molecule has 1 rings (SSSR count). The van der Waals surface area contributed by atoms with Crippen molar-refractivity contribution in [3.8, 4) is 0 Å². The molecule has 3 N–H and O–H groups in total. The maximum atomic E-state index is 10.6. The number of hydrogen-bond donors (Lipinski definition) is 2. The van der Waals surface area contributed by atoms with E-state index in [-0.39, 0.29) is 5.69 Å². The van der Waals surface area contributed by atoms with Gasteiger partial charge in [-0.1, -0.05) is 15.9 Å². The predicted octanol–water partition coefficient (Wildman–Crippen LogP) is 1.78. The Morgan fingerprint density at radius 2 is 2.31 bits per heavy atom. The van der Waals surface area contributed by atoms with E-state index in [9.17, 15) is 10.1 Å². The van der Waals surface area contributed by atoms with Crippen LogP contribution < -0.4 is 11.3 Å². The van der Waals surface area contributed by atoms with Gasteiger partial charge in [0.2, 0.25) is 0 Å². The van der Waals surface area contributed by atoms with Crippen LogP contribution in [0.15, 0.2) is 18.2 Å². The van der Waals surface area contributed by atoms with Crippen molar-refractivity contribution >= 4 is 27.3 Å². The van der Waals surface area contributed by atoms with Gasteiger partial charge in [-0.2, -0.15) is 0 Å². The average molecular weight is 246 g/mol. The van der Waals surface area contributed by atoms with Crippen LogP contribution in [0.4, 0.5) is 11.4 Å². The van der Waals surface area contributed by atoms with Gasteiger partial charge < -0.3 is 5.43 Å². The third-order valence-electron chi connectivity index (χ3n) is 1.59. The van der Waals surface area contributed by atoms with E-state index < -0.39 is 4.92 Å². The third kappa shape index (κ3) is 2.16. The summed E-state index contributed by atoms with van der Waals surface area (Å²) in [6, 6.07) is 4.74. The Kier molecular flexibility index (Phi) is 3.21. The van der Waals surface area contributed by atoms with Crippen molar-refractivity contribution in [2.24, 2.45) is 5.84 Å². The summed E-state index contributed by atoms with van der Waals surface area (Å²) in [5.74, 6) is 5.13. The van der Waals surface area contributed by atoms with Crippen molar-refractivity contribution in [3.63, 3.8) is 0 Å². The summed E-state index contributed by atoms with van der Waals surface area (Å²) in [6.45, 7) is 0. The molecule has 0 aliphatic carbocycles. The molecule has 0 saturated carbocycles. The largest absolute Gasteiger partial charge is 0.324 e. The highest BCUT2D eigenvalue weighted by molar-refractivity contribution is 9.08. The van der Waals surface area contributed by atoms with E-state index in [4.69, 9.17) is 5.84 Å². The van der Waals surface area contributed by atoms with E-state index >= 15 is 0 Å². The van der Waals surface area contributed by atoms with Gasteiger partial charge in [-0.3, -0.25) is 16.0 Å². The molecule has 0 fully saturated rings. The summed E-state index contributed by atoms with van der Waals surface area (Å²) in [6.07, 6.45) is 0. The van der Waals surface area contributed by atoms with Crippen molar-refractivity contribution in [2.45, 2.75) is 5.33 Å². The van der Waals surface area contributed by atoms with E-state index in [2.05, 4.69) is 21.4 Å². The van der Waals surface area contributed by atoms with Crippen LogP contribution in [-0.4, -0.2) is 4.92 Å². The Labute approximate surface area is 83.2 Å². The zero-order chi connectivity index (χ0) is 9.84. The molecule has 0 saturated heterocycles. The van der Waals surface area contributed by atoms with Crippen LogP contribution in [0.25, 0.3) is 0 Å². The first kappa shape index (κ1) is 9.94. The molecule has 0 aromatic heterocycles. The minimum atomic E-state index is -0.433. The Morgan fingerprint density at radius 3 is 2.77 bits per heavy atom. The van der Waals surface area contributed by atoms with Crippen molar-refractivity contribution in [1.29, 1.82) is 0 Å². The van der Waals surface area contributed by atoms with Gasteiger partial charge in [0.1, 0.15) is 0 Å². The lowest BCUT2D eigenvalue weighted by atomic mass is 10.2. The molecule has 0 bridgehead atoms. The lowest BCUT2D eigenvalue weighted by molar-refractivity contribution is -0.385. The van der Waals surface area contributed by atoms with Gasteiger partial charge in [0.05, 0.1) is 10.6 Å². The topological polar surface area (TPSA) is 81.2 Å². The number of nitrogen functional groups attached to an aromatic ring is 1. The van der Waals surface area contributed by atoms with E-state index in [1.54, 1.807) is 12.1 Å². The van der Waals surface area contributed by atoms with Crippen molar-refractivity contribution in [3.05, 3.63) is 33.9 Å². The fourth-order valence-corrected chi connectivity index (χ4v) is 1.41. The molecule has 0 heterocycles. The number of nitrogens with one attached hydrogen (secondary N) is 1. The summed E-state index contributed by atoms with van der Waals surface area (Å²) in [7, 11) is 0. The number of benzene rings is 1. The molecule has 0 atom stereocenters. The maximum Gasteiger partial charge on any atom is 0.275 e. The molecule has 0 unspecified atom stereocenters. The molecule has 0 radical (unpaired) electrons. The maximum absolute atomic E-state index is 10.6. The first-order chi connectivity index (χ1) is 6.19. The zero-order valence-electron chi connectivity index (χ0n) is 6.66. The smallest absolute Gasteiger partial charge is 0.275 e. The van der Waals surface area contributed by atoms with E-state index in [0.717, 1.165) is 0 Å². The van der Waals surface area contributed by atoms with Crippen LogP contribution >= 0.6 is 15.9 Å². The molecule has 0 aliphatic heterocycles. The number of hydrogen-bond acceptors (Lipinski definition) is 4. The van der Waals surface area contributed by atoms with Crippen molar-refractivity contribution in [1.82, 2.24) is 0 Å². The minimum Gasteiger partial charge on any atom is -0.324 e. The monoisotopic (exact) mass is 245 g/mol. The first-order valence-corrected chi connectivity index (χ1v) is 4.61. The van der Waals surface area contributed by atoms with E-state index in [0.29, 0.717) is 16.6 Å². The molecule has 70 valence electrons. The van der Waals surface area contributed by atoms with Gasteiger partial charge in [-0.25, -0.2) is 0 Å². The standard InChI is InChI=1S/C7H8BrN3O2/c8-4-5-1-2-6(10-9)3-7(5)11(12)13/h1-3,10H,4,9H2. The number of alkyl halides is 1. The second-order valence-corrected chi connectivity index (χ2v) is 2.94. The summed E-state index contributed by atoms with van der Waals surface area (Å²) in [5, 5.41) is 11.0. The molecule has 1 aromatic carbocycles. The summed E-state index contributed by atoms with van der Waals surface area (Å²) in [5.41, 5.74) is 3.57. The SMILES string of the molecule is NNc1ccc(CBr)c([N+](=O)[O-])c1. The summed E-state index contributed by atoms with van der Waals surface area (Å²) in [4.78, 5) is 10.1. The number of hydrazine groups is 1. The third-order valence-corrected chi connectivity index (χ3v) is 2.20. The number of nitro benzene ring substituents is 1. The quantitative estimate of drug-likeness (QED) is 0.368. The molecule has 0 amide bonds. The lowest BCUT2D eigenvalue weighted by Crippen LogP contribution is -2.07. The van der Waals surface area contributed by atoms with Crippen molar-refractivity contribution < 1.29 is 4.92 Å². The highest BCUT2D eigenvalue weighted by atomic mass is 79.9. The molecular weight excluding hydrogens is 238 g/mol. The molecule has 0 aliphatic rings. The average Bonchev–Trinajstić information content (AvgIpc) is 2.16. The number of nitrogens with zero attached hydrogens (tertiary/aromatic N) is 1. The Morgan fingerprint density at radius 1 is 1.62 bits per heavy atom. The van der Waals surface area contributed by atoms with Crippen LogP contribution in [0.3, 0.4) is 0 Å². The van der Waals surface area contributed by atoms with Crippen LogP contribution in [-0.2, 0) is 5.33 Å². The van der Waals surface area contributed by atoms with Crippen LogP contribution in [0.1, 0.15) is 5.56 Å². The fourth-order valence-electron chi connectivity index (χ4n) is 0.937. The number of halogens is 1. The Balaban J connectivity index is 3.18. The number of nitrogens with two attached hydrogens (primary N) is 1. The predicted molar refractivity (Wildman–Crippen MR) is 53.5 cm³/mol. The fraction of sp³-hybridized carbons (Fsp3) is 0.143. The van der Waals surface area contributed by atoms with Crippen LogP contribution in [0, 0.1) is 10.1 Å². The van der Waals surface area contributed by atoms with Gasteiger partial charge >= 0.3 is 0 Å². The molecule has 6 heteroatoms. The molecule has 1 aromatic rings. The molecule has 13 heavy (non-hydrogen) atoms. The molecular formula is C7H8BrN3O2. The van der Waals surface area contributed by atoms with Gasteiger partial charge in [0.25, 0.3) is 5.69 Å². The summed E-state index contributed by atoms with van der Waals surface area (Å²) >= 11 is 3.17. The second kappa shape index (κ2) is 4.20. The highest BCUT2D eigenvalue weighted by Crippen LogP contribution is 2.24. The Hall–Kier alpha value is -1.14. The number of anilines is 1. The number of nitro groups is 1. The zero-order valence-corrected chi connectivity index (χ0v) is 8.24. The number of rotatable bonds is 3. The van der Waals surface area contributed by atoms with Gasteiger partial charge in [0, 0.05) is 17.0 Å². The van der Waals surface area contributed by atoms with Gasteiger partial charge in [0.15, 0.2) is 0 Å². The lowest BCUT2D eigenvalue weighted by Gasteiger charge is -2.02. The van der Waals surface area contributed by atoms with Crippen molar-refractivity contribution in [2.75, 3.05) is 5.43 Å².